The van der Waals surface area contributed by atoms with E-state index in [0.29, 0.717) is 19.6 Å². The van der Waals surface area contributed by atoms with Crippen molar-refractivity contribution in [3.05, 3.63) is 78.4 Å². The Hall–Kier alpha value is -2.79. The van der Waals surface area contributed by atoms with Gasteiger partial charge in [-0.3, -0.25) is 0 Å². The second-order valence-corrected chi connectivity index (χ2v) is 6.82. The van der Waals surface area contributed by atoms with Crippen LogP contribution in [0.4, 0.5) is 4.79 Å². The molecule has 0 aliphatic heterocycles. The zero-order chi connectivity index (χ0) is 20.7. The number of hydrogen-bond donors (Lipinski definition) is 1. The Bertz CT molecular complexity index is 715. The SMILES string of the molecule is C=CC[C@H](CCCCOCc1ccc(OC)cc1)NC(=O)OCc1ccccc1. The number of benzene rings is 2. The second kappa shape index (κ2) is 13.4. The number of alkyl carbamates (subject to hydrolysis) is 1. The summed E-state index contributed by atoms with van der Waals surface area (Å²) in [5.41, 5.74) is 2.09. The Balaban J connectivity index is 1.60. The number of hydrogen-bond acceptors (Lipinski definition) is 4. The van der Waals surface area contributed by atoms with Crippen LogP contribution < -0.4 is 10.1 Å². The summed E-state index contributed by atoms with van der Waals surface area (Å²) in [6.45, 7) is 5.32. The molecule has 0 saturated carbocycles. The summed E-state index contributed by atoms with van der Waals surface area (Å²) < 4.78 is 16.2. The average Bonchev–Trinajstić information content (AvgIpc) is 2.76. The van der Waals surface area contributed by atoms with E-state index >= 15 is 0 Å². The van der Waals surface area contributed by atoms with Gasteiger partial charge in [0.15, 0.2) is 0 Å². The van der Waals surface area contributed by atoms with E-state index in [4.69, 9.17) is 14.2 Å². The summed E-state index contributed by atoms with van der Waals surface area (Å²) in [7, 11) is 1.66. The van der Waals surface area contributed by atoms with Crippen LogP contribution >= 0.6 is 0 Å². The summed E-state index contributed by atoms with van der Waals surface area (Å²) in [6.07, 6.45) is 4.90. The first-order valence-corrected chi connectivity index (χ1v) is 10.00. The fraction of sp³-hybridized carbons (Fsp3) is 0.375. The highest BCUT2D eigenvalue weighted by molar-refractivity contribution is 5.67. The van der Waals surface area contributed by atoms with Crippen molar-refractivity contribution in [1.29, 1.82) is 0 Å². The third-order valence-electron chi connectivity index (χ3n) is 4.50. The maximum absolute atomic E-state index is 12.0. The summed E-state index contributed by atoms with van der Waals surface area (Å²) in [4.78, 5) is 12.0. The molecule has 156 valence electrons. The van der Waals surface area contributed by atoms with E-state index in [1.165, 1.54) is 0 Å². The molecule has 29 heavy (non-hydrogen) atoms. The van der Waals surface area contributed by atoms with Crippen molar-refractivity contribution < 1.29 is 19.0 Å². The zero-order valence-electron chi connectivity index (χ0n) is 17.1. The number of carbonyl (C=O) groups is 1. The first-order valence-electron chi connectivity index (χ1n) is 10.00. The number of carbonyl (C=O) groups excluding carboxylic acids is 1. The van der Waals surface area contributed by atoms with Gasteiger partial charge in [-0.05, 0) is 48.9 Å². The van der Waals surface area contributed by atoms with E-state index in [2.05, 4.69) is 11.9 Å². The van der Waals surface area contributed by atoms with Crippen LogP contribution in [0.5, 0.6) is 5.75 Å². The molecule has 2 aromatic carbocycles. The van der Waals surface area contributed by atoms with Gasteiger partial charge in [0.1, 0.15) is 12.4 Å². The Labute approximate surface area is 173 Å². The molecular weight excluding hydrogens is 366 g/mol. The molecule has 0 heterocycles. The Morgan fingerprint density at radius 1 is 1.03 bits per heavy atom. The van der Waals surface area contributed by atoms with Gasteiger partial charge in [0, 0.05) is 12.6 Å². The van der Waals surface area contributed by atoms with E-state index < -0.39 is 6.09 Å². The van der Waals surface area contributed by atoms with Gasteiger partial charge in [-0.25, -0.2) is 4.79 Å². The fourth-order valence-electron chi connectivity index (χ4n) is 2.89. The second-order valence-electron chi connectivity index (χ2n) is 6.82. The van der Waals surface area contributed by atoms with E-state index in [1.807, 2.05) is 60.7 Å². The van der Waals surface area contributed by atoms with Gasteiger partial charge in [0.25, 0.3) is 0 Å². The lowest BCUT2D eigenvalue weighted by atomic mass is 10.1. The summed E-state index contributed by atoms with van der Waals surface area (Å²) in [5, 5.41) is 2.93. The van der Waals surface area contributed by atoms with Crippen LogP contribution in [0.1, 0.15) is 36.8 Å². The van der Waals surface area contributed by atoms with Crippen LogP contribution in [0.15, 0.2) is 67.3 Å². The van der Waals surface area contributed by atoms with E-state index in [9.17, 15) is 4.79 Å². The van der Waals surface area contributed by atoms with Gasteiger partial charge >= 0.3 is 6.09 Å². The average molecular weight is 398 g/mol. The third kappa shape index (κ3) is 9.30. The summed E-state index contributed by atoms with van der Waals surface area (Å²) in [5.74, 6) is 0.844. The molecule has 0 fully saturated rings. The molecule has 1 N–H and O–H groups in total. The minimum atomic E-state index is -0.392. The van der Waals surface area contributed by atoms with Crippen LogP contribution in [-0.2, 0) is 22.7 Å². The molecule has 5 nitrogen and oxygen atoms in total. The van der Waals surface area contributed by atoms with Crippen LogP contribution in [0.3, 0.4) is 0 Å². The molecule has 2 aromatic rings. The molecule has 1 amide bonds. The van der Waals surface area contributed by atoms with Crippen LogP contribution in [0.25, 0.3) is 0 Å². The molecule has 1 atom stereocenters. The largest absolute Gasteiger partial charge is 0.497 e. The molecular formula is C24H31NO4. The molecule has 0 spiro atoms. The van der Waals surface area contributed by atoms with Crippen molar-refractivity contribution in [2.45, 2.75) is 44.9 Å². The number of nitrogens with one attached hydrogen (secondary N) is 1. The van der Waals surface area contributed by atoms with E-state index in [1.54, 1.807) is 7.11 Å². The zero-order valence-corrected chi connectivity index (χ0v) is 17.1. The lowest BCUT2D eigenvalue weighted by molar-refractivity contribution is 0.115. The summed E-state index contributed by atoms with van der Waals surface area (Å²) in [6, 6.07) is 17.5. The van der Waals surface area contributed by atoms with Gasteiger partial charge in [-0.15, -0.1) is 6.58 Å². The van der Waals surface area contributed by atoms with E-state index in [-0.39, 0.29) is 12.6 Å². The van der Waals surface area contributed by atoms with Crippen molar-refractivity contribution in [3.63, 3.8) is 0 Å². The number of amides is 1. The number of unbranched alkanes of at least 4 members (excludes halogenated alkanes) is 1. The smallest absolute Gasteiger partial charge is 0.407 e. The molecule has 0 unspecified atom stereocenters. The highest BCUT2D eigenvalue weighted by atomic mass is 16.5. The molecule has 0 aliphatic rings. The van der Waals surface area contributed by atoms with Gasteiger partial charge < -0.3 is 19.5 Å². The molecule has 0 radical (unpaired) electrons. The lowest BCUT2D eigenvalue weighted by Gasteiger charge is -2.17. The van der Waals surface area contributed by atoms with Crippen molar-refractivity contribution in [3.8, 4) is 5.75 Å². The Kier molecular flexibility index (Phi) is 10.4. The summed E-state index contributed by atoms with van der Waals surface area (Å²) >= 11 is 0. The van der Waals surface area contributed by atoms with Crippen LogP contribution in [0, 0.1) is 0 Å². The van der Waals surface area contributed by atoms with Crippen molar-refractivity contribution in [1.82, 2.24) is 5.32 Å². The third-order valence-corrected chi connectivity index (χ3v) is 4.50. The normalized spacial score (nSPS) is 11.5. The first-order chi connectivity index (χ1) is 14.2. The van der Waals surface area contributed by atoms with Crippen molar-refractivity contribution in [2.24, 2.45) is 0 Å². The maximum Gasteiger partial charge on any atom is 0.407 e. The molecule has 0 bridgehead atoms. The minimum absolute atomic E-state index is 0.0253. The molecule has 0 saturated heterocycles. The highest BCUT2D eigenvalue weighted by Gasteiger charge is 2.12. The Morgan fingerprint density at radius 2 is 1.76 bits per heavy atom. The highest BCUT2D eigenvalue weighted by Crippen LogP contribution is 2.12. The molecule has 2 rings (SSSR count). The predicted octanol–water partition coefficient (Wildman–Crippen LogP) is 5.25. The van der Waals surface area contributed by atoms with Gasteiger partial charge in [0.05, 0.1) is 13.7 Å². The number of methoxy groups -OCH3 is 1. The van der Waals surface area contributed by atoms with E-state index in [0.717, 1.165) is 36.1 Å². The monoisotopic (exact) mass is 397 g/mol. The minimum Gasteiger partial charge on any atom is -0.497 e. The fourth-order valence-corrected chi connectivity index (χ4v) is 2.89. The van der Waals surface area contributed by atoms with Crippen LogP contribution in [0.2, 0.25) is 0 Å². The topological polar surface area (TPSA) is 56.8 Å². The van der Waals surface area contributed by atoms with Gasteiger partial charge in [-0.2, -0.15) is 0 Å². The Morgan fingerprint density at radius 3 is 2.45 bits per heavy atom. The van der Waals surface area contributed by atoms with Crippen molar-refractivity contribution >= 4 is 6.09 Å². The van der Waals surface area contributed by atoms with Crippen LogP contribution in [-0.4, -0.2) is 25.9 Å². The maximum atomic E-state index is 12.0. The number of rotatable bonds is 13. The van der Waals surface area contributed by atoms with Gasteiger partial charge in [0.2, 0.25) is 0 Å². The van der Waals surface area contributed by atoms with Crippen molar-refractivity contribution in [2.75, 3.05) is 13.7 Å². The lowest BCUT2D eigenvalue weighted by Crippen LogP contribution is -2.34. The number of ether oxygens (including phenoxy) is 3. The predicted molar refractivity (Wildman–Crippen MR) is 115 cm³/mol. The molecule has 0 aliphatic carbocycles. The standard InChI is InChI=1S/C24H31NO4/c1-3-9-22(25-24(26)29-19-20-10-5-4-6-11-20)12-7-8-17-28-18-21-13-15-23(27-2)16-14-21/h3-6,10-11,13-16,22H,1,7-9,12,17-19H2,2H3,(H,25,26)/t22-/m1/s1. The first kappa shape index (κ1) is 22.5. The molecule has 5 heteroatoms. The van der Waals surface area contributed by atoms with Gasteiger partial charge in [-0.1, -0.05) is 48.5 Å². The molecule has 0 aromatic heterocycles. The quantitative estimate of drug-likeness (QED) is 0.370.